The van der Waals surface area contributed by atoms with E-state index in [4.69, 9.17) is 10.5 Å². The van der Waals surface area contributed by atoms with E-state index in [0.29, 0.717) is 0 Å². The zero-order valence-corrected chi connectivity index (χ0v) is 11.9. The van der Waals surface area contributed by atoms with Gasteiger partial charge in [0.15, 0.2) is 0 Å². The number of benzene rings is 2. The van der Waals surface area contributed by atoms with Crippen LogP contribution in [-0.4, -0.2) is 14.2 Å². The number of hydrogen-bond donors (Lipinski definition) is 1. The van der Waals surface area contributed by atoms with E-state index in [-0.39, 0.29) is 11.9 Å². The van der Waals surface area contributed by atoms with E-state index in [1.165, 1.54) is 12.1 Å². The molecule has 0 aromatic heterocycles. The SMILES string of the molecule is COc1cccc(N(C)c2ccc(F)cc2)c1[C@@H](C)N. The van der Waals surface area contributed by atoms with Crippen molar-refractivity contribution in [3.63, 3.8) is 0 Å². The molecule has 0 radical (unpaired) electrons. The number of methoxy groups -OCH3 is 1. The summed E-state index contributed by atoms with van der Waals surface area (Å²) in [7, 11) is 3.55. The molecule has 0 aliphatic heterocycles. The van der Waals surface area contributed by atoms with Crippen LogP contribution in [0.5, 0.6) is 5.75 Å². The maximum atomic E-state index is 13.0. The number of anilines is 2. The Hall–Kier alpha value is -2.07. The third-order valence-electron chi connectivity index (χ3n) is 3.29. The fourth-order valence-electron chi connectivity index (χ4n) is 2.26. The molecule has 2 N–H and O–H groups in total. The zero-order chi connectivity index (χ0) is 14.7. The van der Waals surface area contributed by atoms with E-state index in [1.807, 2.05) is 37.1 Å². The molecule has 0 heterocycles. The fourth-order valence-corrected chi connectivity index (χ4v) is 2.26. The van der Waals surface area contributed by atoms with Crippen LogP contribution in [0.1, 0.15) is 18.5 Å². The summed E-state index contributed by atoms with van der Waals surface area (Å²) in [6.45, 7) is 1.92. The Labute approximate surface area is 118 Å². The molecule has 2 aromatic carbocycles. The number of nitrogens with two attached hydrogens (primary N) is 1. The van der Waals surface area contributed by atoms with Gasteiger partial charge in [0.05, 0.1) is 7.11 Å². The van der Waals surface area contributed by atoms with Crippen LogP contribution in [0.25, 0.3) is 0 Å². The van der Waals surface area contributed by atoms with E-state index in [0.717, 1.165) is 22.7 Å². The van der Waals surface area contributed by atoms with Crippen LogP contribution in [-0.2, 0) is 0 Å². The highest BCUT2D eigenvalue weighted by Gasteiger charge is 2.16. The highest BCUT2D eigenvalue weighted by Crippen LogP contribution is 2.36. The third kappa shape index (κ3) is 2.75. The molecule has 3 nitrogen and oxygen atoms in total. The van der Waals surface area contributed by atoms with E-state index in [1.54, 1.807) is 19.2 Å². The molecule has 20 heavy (non-hydrogen) atoms. The van der Waals surface area contributed by atoms with Crippen molar-refractivity contribution in [3.8, 4) is 5.75 Å². The van der Waals surface area contributed by atoms with Gasteiger partial charge in [0.25, 0.3) is 0 Å². The fraction of sp³-hybridized carbons (Fsp3) is 0.250. The summed E-state index contributed by atoms with van der Waals surface area (Å²) < 4.78 is 18.4. The lowest BCUT2D eigenvalue weighted by atomic mass is 10.0. The lowest BCUT2D eigenvalue weighted by molar-refractivity contribution is 0.407. The van der Waals surface area contributed by atoms with Gasteiger partial charge in [-0.1, -0.05) is 6.07 Å². The Morgan fingerprint density at radius 2 is 1.80 bits per heavy atom. The number of ether oxygens (including phenoxy) is 1. The van der Waals surface area contributed by atoms with Gasteiger partial charge in [-0.15, -0.1) is 0 Å². The van der Waals surface area contributed by atoms with Crippen LogP contribution < -0.4 is 15.4 Å². The lowest BCUT2D eigenvalue weighted by Crippen LogP contribution is -2.16. The molecular weight excluding hydrogens is 255 g/mol. The summed E-state index contributed by atoms with van der Waals surface area (Å²) in [5.41, 5.74) is 8.84. The van der Waals surface area contributed by atoms with Gasteiger partial charge in [-0.3, -0.25) is 0 Å². The maximum absolute atomic E-state index is 13.0. The van der Waals surface area contributed by atoms with Crippen LogP contribution in [0, 0.1) is 5.82 Å². The van der Waals surface area contributed by atoms with Gasteiger partial charge < -0.3 is 15.4 Å². The molecular formula is C16H19FN2O. The molecule has 0 aliphatic rings. The van der Waals surface area contributed by atoms with E-state index in [2.05, 4.69) is 0 Å². The molecule has 2 aromatic rings. The second kappa shape index (κ2) is 5.92. The largest absolute Gasteiger partial charge is 0.496 e. The molecule has 106 valence electrons. The molecule has 0 unspecified atom stereocenters. The molecule has 0 spiro atoms. The topological polar surface area (TPSA) is 38.5 Å². The van der Waals surface area contributed by atoms with Crippen LogP contribution in [0.3, 0.4) is 0 Å². The Morgan fingerprint density at radius 3 is 2.35 bits per heavy atom. The normalized spacial score (nSPS) is 12.1. The maximum Gasteiger partial charge on any atom is 0.125 e. The summed E-state index contributed by atoms with van der Waals surface area (Å²) in [6, 6.07) is 12.0. The van der Waals surface area contributed by atoms with Gasteiger partial charge in [-0.25, -0.2) is 4.39 Å². The first-order valence-electron chi connectivity index (χ1n) is 6.46. The number of halogens is 1. The quantitative estimate of drug-likeness (QED) is 0.925. The number of rotatable bonds is 4. The smallest absolute Gasteiger partial charge is 0.125 e. The molecule has 0 saturated heterocycles. The summed E-state index contributed by atoms with van der Waals surface area (Å²) in [5, 5.41) is 0. The van der Waals surface area contributed by atoms with Crippen molar-refractivity contribution in [3.05, 3.63) is 53.8 Å². The molecule has 4 heteroatoms. The lowest BCUT2D eigenvalue weighted by Gasteiger charge is -2.25. The Balaban J connectivity index is 2.48. The van der Waals surface area contributed by atoms with Gasteiger partial charge in [-0.2, -0.15) is 0 Å². The summed E-state index contributed by atoms with van der Waals surface area (Å²) >= 11 is 0. The molecule has 0 saturated carbocycles. The minimum absolute atomic E-state index is 0.163. The minimum Gasteiger partial charge on any atom is -0.496 e. The van der Waals surface area contributed by atoms with Gasteiger partial charge >= 0.3 is 0 Å². The van der Waals surface area contributed by atoms with Crippen molar-refractivity contribution >= 4 is 11.4 Å². The second-order valence-corrected chi connectivity index (χ2v) is 4.72. The van der Waals surface area contributed by atoms with Crippen molar-refractivity contribution in [1.82, 2.24) is 0 Å². The van der Waals surface area contributed by atoms with E-state index < -0.39 is 0 Å². The summed E-state index contributed by atoms with van der Waals surface area (Å²) in [6.07, 6.45) is 0. The van der Waals surface area contributed by atoms with Gasteiger partial charge in [0.2, 0.25) is 0 Å². The molecule has 0 amide bonds. The van der Waals surface area contributed by atoms with Crippen molar-refractivity contribution in [2.75, 3.05) is 19.1 Å². The predicted molar refractivity (Wildman–Crippen MR) is 80.1 cm³/mol. The van der Waals surface area contributed by atoms with Crippen molar-refractivity contribution in [2.45, 2.75) is 13.0 Å². The predicted octanol–water partition coefficient (Wildman–Crippen LogP) is 3.62. The van der Waals surface area contributed by atoms with Crippen molar-refractivity contribution < 1.29 is 9.13 Å². The second-order valence-electron chi connectivity index (χ2n) is 4.72. The van der Waals surface area contributed by atoms with Crippen LogP contribution in [0.15, 0.2) is 42.5 Å². The Morgan fingerprint density at radius 1 is 1.15 bits per heavy atom. The van der Waals surface area contributed by atoms with Crippen LogP contribution in [0.2, 0.25) is 0 Å². The third-order valence-corrected chi connectivity index (χ3v) is 3.29. The van der Waals surface area contributed by atoms with Crippen molar-refractivity contribution in [2.24, 2.45) is 5.73 Å². The van der Waals surface area contributed by atoms with Gasteiger partial charge in [0.1, 0.15) is 11.6 Å². The highest BCUT2D eigenvalue weighted by molar-refractivity contribution is 5.69. The van der Waals surface area contributed by atoms with Crippen LogP contribution >= 0.6 is 0 Å². The summed E-state index contributed by atoms with van der Waals surface area (Å²) in [5.74, 6) is 0.506. The number of hydrogen-bond acceptors (Lipinski definition) is 3. The Kier molecular flexibility index (Phi) is 4.25. The first kappa shape index (κ1) is 14.3. The Bertz CT molecular complexity index is 582. The zero-order valence-electron chi connectivity index (χ0n) is 11.9. The molecule has 0 fully saturated rings. The highest BCUT2D eigenvalue weighted by atomic mass is 19.1. The molecule has 0 bridgehead atoms. The first-order valence-corrected chi connectivity index (χ1v) is 6.46. The average molecular weight is 274 g/mol. The van der Waals surface area contributed by atoms with E-state index >= 15 is 0 Å². The minimum atomic E-state index is -0.250. The number of nitrogens with zero attached hydrogens (tertiary/aromatic N) is 1. The van der Waals surface area contributed by atoms with E-state index in [9.17, 15) is 4.39 Å². The van der Waals surface area contributed by atoms with Crippen molar-refractivity contribution in [1.29, 1.82) is 0 Å². The average Bonchev–Trinajstić information content (AvgIpc) is 2.46. The monoisotopic (exact) mass is 274 g/mol. The van der Waals surface area contributed by atoms with Crippen LogP contribution in [0.4, 0.5) is 15.8 Å². The van der Waals surface area contributed by atoms with Gasteiger partial charge in [-0.05, 0) is 43.3 Å². The molecule has 2 rings (SSSR count). The standard InChI is InChI=1S/C16H19FN2O/c1-11(18)16-14(5-4-6-15(16)20-3)19(2)13-9-7-12(17)8-10-13/h4-11H,18H2,1-3H3/t11-/m1/s1. The van der Waals surface area contributed by atoms with Gasteiger partial charge in [0, 0.05) is 30.0 Å². The molecule has 0 aliphatic carbocycles. The molecule has 1 atom stereocenters. The summed E-state index contributed by atoms with van der Waals surface area (Å²) in [4.78, 5) is 1.97. The first-order chi connectivity index (χ1) is 9.54.